The van der Waals surface area contributed by atoms with Gasteiger partial charge in [0, 0.05) is 12.6 Å². The molecule has 4 heteroatoms. The second-order valence-corrected chi connectivity index (χ2v) is 6.23. The van der Waals surface area contributed by atoms with Gasteiger partial charge in [-0.3, -0.25) is 4.90 Å². The monoisotopic (exact) mass is 284 g/mol. The van der Waals surface area contributed by atoms with Crippen LogP contribution in [0, 0.1) is 5.92 Å². The molecule has 1 aromatic heterocycles. The lowest BCUT2D eigenvalue weighted by atomic mass is 9.85. The largest absolute Gasteiger partial charge is 0.294 e. The summed E-state index contributed by atoms with van der Waals surface area (Å²) in [6.45, 7) is 2.03. The van der Waals surface area contributed by atoms with Gasteiger partial charge in [-0.25, -0.2) is 4.98 Å². The number of halogens is 2. The second kappa shape index (κ2) is 5.36. The predicted molar refractivity (Wildman–Crippen MR) is 75.0 cm³/mol. The number of pyridine rings is 1. The highest BCUT2D eigenvalue weighted by molar-refractivity contribution is 6.32. The van der Waals surface area contributed by atoms with Crippen LogP contribution in [0.25, 0.3) is 0 Å². The highest BCUT2D eigenvalue weighted by Gasteiger charge is 2.35. The van der Waals surface area contributed by atoms with Crippen molar-refractivity contribution in [1.82, 2.24) is 9.88 Å². The third-order valence-corrected chi connectivity index (χ3v) is 4.92. The molecule has 1 aliphatic carbocycles. The van der Waals surface area contributed by atoms with E-state index in [9.17, 15) is 0 Å². The fourth-order valence-corrected chi connectivity index (χ4v) is 3.79. The van der Waals surface area contributed by atoms with Crippen LogP contribution in [0.2, 0.25) is 10.2 Å². The van der Waals surface area contributed by atoms with E-state index in [4.69, 9.17) is 23.2 Å². The first-order valence-electron chi connectivity index (χ1n) is 6.79. The van der Waals surface area contributed by atoms with E-state index < -0.39 is 0 Å². The molecule has 1 saturated heterocycles. The molecule has 1 aromatic rings. The molecular weight excluding hydrogens is 267 g/mol. The molecule has 2 heterocycles. The van der Waals surface area contributed by atoms with Crippen molar-refractivity contribution in [2.45, 2.75) is 44.7 Å². The lowest BCUT2D eigenvalue weighted by molar-refractivity contribution is 0.174. The van der Waals surface area contributed by atoms with Crippen molar-refractivity contribution in [3.63, 3.8) is 0 Å². The smallest absolute Gasteiger partial charge is 0.129 e. The minimum Gasteiger partial charge on any atom is -0.294 e. The van der Waals surface area contributed by atoms with Gasteiger partial charge in [-0.15, -0.1) is 0 Å². The van der Waals surface area contributed by atoms with Crippen molar-refractivity contribution in [2.75, 3.05) is 6.54 Å². The van der Waals surface area contributed by atoms with Gasteiger partial charge in [0.05, 0.1) is 10.7 Å². The zero-order valence-electron chi connectivity index (χ0n) is 10.4. The Bertz CT molecular complexity index is 436. The van der Waals surface area contributed by atoms with Gasteiger partial charge in [0.25, 0.3) is 0 Å². The Morgan fingerprint density at radius 2 is 2.00 bits per heavy atom. The number of rotatable bonds is 2. The molecule has 2 fully saturated rings. The molecule has 0 aromatic carbocycles. The first-order valence-corrected chi connectivity index (χ1v) is 7.54. The van der Waals surface area contributed by atoms with E-state index in [1.54, 1.807) is 6.07 Å². The van der Waals surface area contributed by atoms with Crippen LogP contribution in [0.5, 0.6) is 0 Å². The van der Waals surface area contributed by atoms with Crippen molar-refractivity contribution >= 4 is 23.2 Å². The fraction of sp³-hybridized carbons (Fsp3) is 0.643. The summed E-state index contributed by atoms with van der Waals surface area (Å²) in [5.74, 6) is 0.900. The van der Waals surface area contributed by atoms with Crippen LogP contribution in [0.4, 0.5) is 0 Å². The van der Waals surface area contributed by atoms with Gasteiger partial charge in [0.15, 0.2) is 0 Å². The normalized spacial score (nSPS) is 28.3. The van der Waals surface area contributed by atoms with E-state index in [1.165, 1.54) is 38.6 Å². The Labute approximate surface area is 118 Å². The molecule has 3 rings (SSSR count). The number of nitrogens with zero attached hydrogens (tertiary/aromatic N) is 2. The number of aromatic nitrogens is 1. The molecule has 0 radical (unpaired) electrons. The number of hydrogen-bond donors (Lipinski definition) is 0. The summed E-state index contributed by atoms with van der Waals surface area (Å²) in [4.78, 5) is 6.92. The minimum atomic E-state index is 0.536. The van der Waals surface area contributed by atoms with Crippen LogP contribution < -0.4 is 0 Å². The SMILES string of the molecule is Clc1ccc(Cl)c(CN2CCC3CCCCC32)n1. The maximum Gasteiger partial charge on any atom is 0.129 e. The van der Waals surface area contributed by atoms with Crippen LogP contribution in [-0.4, -0.2) is 22.5 Å². The highest BCUT2D eigenvalue weighted by Crippen LogP contribution is 2.37. The van der Waals surface area contributed by atoms with Gasteiger partial charge in [-0.05, 0) is 43.9 Å². The molecule has 2 aliphatic rings. The maximum atomic E-state index is 6.20. The quantitative estimate of drug-likeness (QED) is 0.759. The van der Waals surface area contributed by atoms with Gasteiger partial charge >= 0.3 is 0 Å². The molecule has 1 aliphatic heterocycles. The predicted octanol–water partition coefficient (Wildman–Crippen LogP) is 4.15. The minimum absolute atomic E-state index is 0.536. The fourth-order valence-electron chi connectivity index (χ4n) is 3.46. The molecule has 0 N–H and O–H groups in total. The van der Waals surface area contributed by atoms with E-state index in [-0.39, 0.29) is 0 Å². The van der Waals surface area contributed by atoms with Gasteiger partial charge in [-0.2, -0.15) is 0 Å². The highest BCUT2D eigenvalue weighted by atomic mass is 35.5. The summed E-state index contributed by atoms with van der Waals surface area (Å²) >= 11 is 12.2. The first-order chi connectivity index (χ1) is 8.74. The van der Waals surface area contributed by atoms with Gasteiger partial charge in [0.2, 0.25) is 0 Å². The number of likely N-dealkylation sites (tertiary alicyclic amines) is 1. The van der Waals surface area contributed by atoms with E-state index in [1.807, 2.05) is 6.07 Å². The molecule has 0 bridgehead atoms. The molecule has 0 spiro atoms. The molecule has 2 unspecified atom stereocenters. The Morgan fingerprint density at radius 3 is 2.89 bits per heavy atom. The average Bonchev–Trinajstić information content (AvgIpc) is 2.78. The van der Waals surface area contributed by atoms with Crippen molar-refractivity contribution in [2.24, 2.45) is 5.92 Å². The van der Waals surface area contributed by atoms with E-state index in [0.717, 1.165) is 29.2 Å². The number of hydrogen-bond acceptors (Lipinski definition) is 2. The van der Waals surface area contributed by atoms with Crippen molar-refractivity contribution in [1.29, 1.82) is 0 Å². The number of fused-ring (bicyclic) bond motifs is 1. The zero-order valence-corrected chi connectivity index (χ0v) is 11.9. The van der Waals surface area contributed by atoms with Gasteiger partial charge in [0.1, 0.15) is 5.15 Å². The third-order valence-electron chi connectivity index (χ3n) is 4.36. The Kier molecular flexibility index (Phi) is 3.78. The molecule has 1 saturated carbocycles. The van der Waals surface area contributed by atoms with Crippen molar-refractivity contribution in [3.8, 4) is 0 Å². The molecule has 2 atom stereocenters. The summed E-state index contributed by atoms with van der Waals surface area (Å²) in [7, 11) is 0. The molecule has 18 heavy (non-hydrogen) atoms. The molecule has 98 valence electrons. The van der Waals surface area contributed by atoms with E-state index in [0.29, 0.717) is 5.15 Å². The van der Waals surface area contributed by atoms with Gasteiger partial charge in [-0.1, -0.05) is 36.0 Å². The van der Waals surface area contributed by atoms with E-state index in [2.05, 4.69) is 9.88 Å². The van der Waals surface area contributed by atoms with Crippen LogP contribution in [0.1, 0.15) is 37.8 Å². The van der Waals surface area contributed by atoms with Crippen LogP contribution in [0.15, 0.2) is 12.1 Å². The van der Waals surface area contributed by atoms with E-state index >= 15 is 0 Å². The Balaban J connectivity index is 1.74. The van der Waals surface area contributed by atoms with Gasteiger partial charge < -0.3 is 0 Å². The van der Waals surface area contributed by atoms with Crippen LogP contribution >= 0.6 is 23.2 Å². The second-order valence-electron chi connectivity index (χ2n) is 5.43. The zero-order chi connectivity index (χ0) is 12.5. The first kappa shape index (κ1) is 12.7. The third kappa shape index (κ3) is 2.52. The maximum absolute atomic E-state index is 6.20. The standard InChI is InChI=1S/C14H18Cl2N2/c15-11-5-6-14(16)17-12(11)9-18-8-7-10-3-1-2-4-13(10)18/h5-6,10,13H,1-4,7-9H2. The molecular formula is C14H18Cl2N2. The van der Waals surface area contributed by atoms with Crippen molar-refractivity contribution < 1.29 is 0 Å². The summed E-state index contributed by atoms with van der Waals surface area (Å²) in [6, 6.07) is 4.34. The molecule has 2 nitrogen and oxygen atoms in total. The summed E-state index contributed by atoms with van der Waals surface area (Å²) in [5, 5.41) is 1.27. The average molecular weight is 285 g/mol. The Morgan fingerprint density at radius 1 is 1.17 bits per heavy atom. The lowest BCUT2D eigenvalue weighted by Gasteiger charge is -2.31. The topological polar surface area (TPSA) is 16.1 Å². The van der Waals surface area contributed by atoms with Crippen molar-refractivity contribution in [3.05, 3.63) is 28.0 Å². The summed E-state index contributed by atoms with van der Waals surface area (Å²) < 4.78 is 0. The van der Waals surface area contributed by atoms with Crippen LogP contribution in [-0.2, 0) is 6.54 Å². The summed E-state index contributed by atoms with van der Waals surface area (Å²) in [5.41, 5.74) is 0.926. The summed E-state index contributed by atoms with van der Waals surface area (Å²) in [6.07, 6.45) is 6.85. The Hall–Kier alpha value is -0.310. The van der Waals surface area contributed by atoms with Crippen LogP contribution in [0.3, 0.4) is 0 Å². The molecule has 0 amide bonds. The lowest BCUT2D eigenvalue weighted by Crippen LogP contribution is -2.34.